The van der Waals surface area contributed by atoms with E-state index in [9.17, 15) is 0 Å². The number of nitrogens with zero attached hydrogens (tertiary/aromatic N) is 1. The quantitative estimate of drug-likeness (QED) is 0.398. The van der Waals surface area contributed by atoms with E-state index in [0.717, 1.165) is 17.6 Å². The van der Waals surface area contributed by atoms with Gasteiger partial charge in [-0.1, -0.05) is 36.5 Å². The summed E-state index contributed by atoms with van der Waals surface area (Å²) in [5, 5.41) is 0.675. The van der Waals surface area contributed by atoms with Crippen molar-refractivity contribution < 1.29 is 0 Å². The maximum absolute atomic E-state index is 4.23. The molecule has 0 aromatic rings. The SMILES string of the molecule is C=N/C(S)=C(\C=C/C)C/C=C\C(=C)C. The molecule has 0 aromatic carbocycles. The van der Waals surface area contributed by atoms with E-state index >= 15 is 0 Å². The normalized spacial score (nSPS) is 13.4. The van der Waals surface area contributed by atoms with Gasteiger partial charge in [0.1, 0.15) is 0 Å². The van der Waals surface area contributed by atoms with Gasteiger partial charge in [0.05, 0.1) is 5.03 Å². The molecule has 0 saturated heterocycles. The third-order valence-corrected chi connectivity index (χ3v) is 1.97. The third-order valence-electron chi connectivity index (χ3n) is 1.54. The first-order chi connectivity index (χ1) is 6.61. The molecule has 0 radical (unpaired) electrons. The summed E-state index contributed by atoms with van der Waals surface area (Å²) in [5.74, 6) is 0. The molecule has 0 spiro atoms. The third kappa shape index (κ3) is 5.60. The van der Waals surface area contributed by atoms with Crippen LogP contribution in [0.15, 0.2) is 52.1 Å². The van der Waals surface area contributed by atoms with Gasteiger partial charge in [0.25, 0.3) is 0 Å². The Balaban J connectivity index is 4.55. The average Bonchev–Trinajstić information content (AvgIpc) is 2.15. The maximum Gasteiger partial charge on any atom is 0.0957 e. The van der Waals surface area contributed by atoms with Gasteiger partial charge in [0.15, 0.2) is 0 Å². The fourth-order valence-electron chi connectivity index (χ4n) is 0.924. The first-order valence-electron chi connectivity index (χ1n) is 4.45. The molecule has 0 atom stereocenters. The molecule has 0 unspecified atom stereocenters. The summed E-state index contributed by atoms with van der Waals surface area (Å²) in [4.78, 5) is 3.79. The zero-order valence-electron chi connectivity index (χ0n) is 8.83. The van der Waals surface area contributed by atoms with Crippen LogP contribution in [0.1, 0.15) is 20.3 Å². The molecule has 0 amide bonds. The van der Waals surface area contributed by atoms with Crippen molar-refractivity contribution in [3.05, 3.63) is 47.1 Å². The van der Waals surface area contributed by atoms with Gasteiger partial charge in [-0.2, -0.15) is 0 Å². The molecule has 14 heavy (non-hydrogen) atoms. The molecule has 0 fully saturated rings. The Hall–Kier alpha value is -1.02. The average molecular weight is 207 g/mol. The number of allylic oxidation sites excluding steroid dienone is 6. The summed E-state index contributed by atoms with van der Waals surface area (Å²) < 4.78 is 0. The van der Waals surface area contributed by atoms with Crippen molar-refractivity contribution >= 4 is 19.3 Å². The number of thiol groups is 1. The van der Waals surface area contributed by atoms with Gasteiger partial charge in [-0.05, 0) is 32.6 Å². The van der Waals surface area contributed by atoms with Crippen molar-refractivity contribution in [1.29, 1.82) is 0 Å². The lowest BCUT2D eigenvalue weighted by atomic mass is 10.1. The van der Waals surface area contributed by atoms with Gasteiger partial charge in [0, 0.05) is 0 Å². The molecule has 0 N–H and O–H groups in total. The van der Waals surface area contributed by atoms with E-state index in [0.29, 0.717) is 5.03 Å². The van der Waals surface area contributed by atoms with Crippen molar-refractivity contribution in [2.75, 3.05) is 0 Å². The zero-order chi connectivity index (χ0) is 11.0. The fraction of sp³-hybridized carbons (Fsp3) is 0.250. The molecule has 0 heterocycles. The standard InChI is InChI=1S/C12H17NS/c1-5-7-11(12(14)13-4)9-6-8-10(2)3/h5-8,14H,2,4,9H2,1,3H3/b7-5-,8-6-,12-11-. The smallest absolute Gasteiger partial charge is 0.0957 e. The van der Waals surface area contributed by atoms with Gasteiger partial charge < -0.3 is 0 Å². The summed E-state index contributed by atoms with van der Waals surface area (Å²) in [5.41, 5.74) is 2.10. The molecular weight excluding hydrogens is 190 g/mol. The van der Waals surface area contributed by atoms with Crippen LogP contribution in [0.3, 0.4) is 0 Å². The Kier molecular flexibility index (Phi) is 6.85. The van der Waals surface area contributed by atoms with E-state index in [-0.39, 0.29) is 0 Å². The molecule has 0 saturated carbocycles. The highest BCUT2D eigenvalue weighted by Gasteiger charge is 1.94. The van der Waals surface area contributed by atoms with Gasteiger partial charge in [-0.15, -0.1) is 12.6 Å². The Labute approximate surface area is 92.0 Å². The van der Waals surface area contributed by atoms with Crippen LogP contribution < -0.4 is 0 Å². The molecule has 0 bridgehead atoms. The van der Waals surface area contributed by atoms with Crippen LogP contribution in [0.25, 0.3) is 0 Å². The van der Waals surface area contributed by atoms with Crippen LogP contribution in [0.2, 0.25) is 0 Å². The van der Waals surface area contributed by atoms with Crippen LogP contribution >= 0.6 is 12.6 Å². The summed E-state index contributed by atoms with van der Waals surface area (Å²) in [6.07, 6.45) is 8.77. The first kappa shape index (κ1) is 13.0. The predicted octanol–water partition coefficient (Wildman–Crippen LogP) is 3.93. The number of aliphatic imine (C=N–C) groups is 1. The highest BCUT2D eigenvalue weighted by molar-refractivity contribution is 7.84. The van der Waals surface area contributed by atoms with Gasteiger partial charge in [0.2, 0.25) is 0 Å². The molecule has 0 aromatic heterocycles. The highest BCUT2D eigenvalue weighted by Crippen LogP contribution is 2.15. The fourth-order valence-corrected chi connectivity index (χ4v) is 1.09. The van der Waals surface area contributed by atoms with Crippen LogP contribution in [0, 0.1) is 0 Å². The minimum absolute atomic E-state index is 0.675. The first-order valence-corrected chi connectivity index (χ1v) is 4.90. The number of hydrogen-bond acceptors (Lipinski definition) is 2. The lowest BCUT2D eigenvalue weighted by Gasteiger charge is -1.99. The second kappa shape index (κ2) is 7.39. The molecule has 1 nitrogen and oxygen atoms in total. The minimum atomic E-state index is 0.675. The summed E-state index contributed by atoms with van der Waals surface area (Å²) in [6.45, 7) is 11.2. The van der Waals surface area contributed by atoms with Crippen molar-refractivity contribution in [2.24, 2.45) is 4.99 Å². The summed E-state index contributed by atoms with van der Waals surface area (Å²) in [6, 6.07) is 0. The van der Waals surface area contributed by atoms with Crippen LogP contribution in [0.5, 0.6) is 0 Å². The highest BCUT2D eigenvalue weighted by atomic mass is 32.1. The van der Waals surface area contributed by atoms with Crippen LogP contribution in [-0.4, -0.2) is 6.72 Å². The Morgan fingerprint density at radius 1 is 1.43 bits per heavy atom. The predicted molar refractivity (Wildman–Crippen MR) is 68.9 cm³/mol. The molecule has 0 rings (SSSR count). The van der Waals surface area contributed by atoms with Gasteiger partial charge in [-0.25, -0.2) is 0 Å². The Bertz CT molecular complexity index is 295. The number of hydrogen-bond donors (Lipinski definition) is 1. The van der Waals surface area contributed by atoms with Gasteiger partial charge in [-0.3, -0.25) is 4.99 Å². The van der Waals surface area contributed by atoms with E-state index in [1.807, 2.05) is 38.2 Å². The largest absolute Gasteiger partial charge is 0.258 e. The molecule has 0 aliphatic rings. The van der Waals surface area contributed by atoms with E-state index in [1.54, 1.807) is 0 Å². The van der Waals surface area contributed by atoms with E-state index < -0.39 is 0 Å². The van der Waals surface area contributed by atoms with Crippen molar-refractivity contribution in [1.82, 2.24) is 0 Å². The topological polar surface area (TPSA) is 12.4 Å². The monoisotopic (exact) mass is 207 g/mol. The van der Waals surface area contributed by atoms with Crippen LogP contribution in [-0.2, 0) is 0 Å². The number of rotatable bonds is 5. The molecular formula is C12H17NS. The zero-order valence-corrected chi connectivity index (χ0v) is 9.72. The van der Waals surface area contributed by atoms with E-state index in [4.69, 9.17) is 0 Å². The molecule has 2 heteroatoms. The van der Waals surface area contributed by atoms with Crippen molar-refractivity contribution in [3.63, 3.8) is 0 Å². The summed E-state index contributed by atoms with van der Waals surface area (Å²) in [7, 11) is 0. The molecule has 0 aliphatic carbocycles. The minimum Gasteiger partial charge on any atom is -0.258 e. The van der Waals surface area contributed by atoms with Crippen molar-refractivity contribution in [3.8, 4) is 0 Å². The summed E-state index contributed by atoms with van der Waals surface area (Å²) >= 11 is 4.23. The Morgan fingerprint density at radius 2 is 2.07 bits per heavy atom. The van der Waals surface area contributed by atoms with E-state index in [1.165, 1.54) is 0 Å². The second-order valence-electron chi connectivity index (χ2n) is 2.96. The van der Waals surface area contributed by atoms with E-state index in [2.05, 4.69) is 30.9 Å². The lowest BCUT2D eigenvalue weighted by Crippen LogP contribution is -1.79. The second-order valence-corrected chi connectivity index (χ2v) is 3.38. The van der Waals surface area contributed by atoms with Gasteiger partial charge >= 0.3 is 0 Å². The Morgan fingerprint density at radius 3 is 2.50 bits per heavy atom. The van der Waals surface area contributed by atoms with Crippen LogP contribution in [0.4, 0.5) is 0 Å². The molecule has 76 valence electrons. The lowest BCUT2D eigenvalue weighted by molar-refractivity contribution is 1.24. The molecule has 0 aliphatic heterocycles. The maximum atomic E-state index is 4.23. The van der Waals surface area contributed by atoms with Crippen molar-refractivity contribution in [2.45, 2.75) is 20.3 Å².